The van der Waals surface area contributed by atoms with Crippen molar-refractivity contribution in [1.82, 2.24) is 0 Å². The minimum Gasteiger partial charge on any atom is -0.459 e. The normalized spacial score (nSPS) is 58.4. The number of cyclic esters (lactones) is 1. The van der Waals surface area contributed by atoms with Gasteiger partial charge in [0.05, 0.1) is 29.6 Å². The average Bonchev–Trinajstić information content (AvgIpc) is 3.49. The molecule has 0 bridgehead atoms. The molecule has 3 N–H and O–H groups in total. The summed E-state index contributed by atoms with van der Waals surface area (Å²) in [4.78, 5) is 26.2. The van der Waals surface area contributed by atoms with Gasteiger partial charge in [0, 0.05) is 19.4 Å². The molecule has 8 nitrogen and oxygen atoms in total. The summed E-state index contributed by atoms with van der Waals surface area (Å²) in [7, 11) is 1.53. The van der Waals surface area contributed by atoms with Crippen molar-refractivity contribution < 1.29 is 39.1 Å². The molecule has 6 fully saturated rings. The lowest BCUT2D eigenvalue weighted by atomic mass is 9.43. The Morgan fingerprint density at radius 3 is 2.43 bits per heavy atom. The number of epoxide rings is 1. The zero-order valence-electron chi connectivity index (χ0n) is 23.0. The Labute approximate surface area is 219 Å². The fourth-order valence-electron chi connectivity index (χ4n) is 10.4. The topological polar surface area (TPSA) is 126 Å². The molecule has 8 heteroatoms. The number of ketones is 1. The molecule has 0 aromatic rings. The van der Waals surface area contributed by atoms with Crippen LogP contribution in [-0.2, 0) is 23.8 Å². The molecule has 37 heavy (non-hydrogen) atoms. The second-order valence-corrected chi connectivity index (χ2v) is 14.0. The number of fused-ring (bicyclic) bond motifs is 4. The molecule has 2 saturated heterocycles. The van der Waals surface area contributed by atoms with Crippen molar-refractivity contribution in [2.75, 3.05) is 7.11 Å². The van der Waals surface area contributed by atoms with E-state index in [1.807, 2.05) is 20.8 Å². The molecule has 1 unspecified atom stereocenters. The number of aliphatic hydroxyl groups excluding tert-OH is 2. The number of hydrogen-bond donors (Lipinski definition) is 3. The maximum Gasteiger partial charge on any atom is 0.309 e. The Bertz CT molecular complexity index is 996. The van der Waals surface area contributed by atoms with Gasteiger partial charge in [-0.05, 0) is 75.0 Å². The molecular formula is C29H44O8. The van der Waals surface area contributed by atoms with E-state index in [1.54, 1.807) is 6.92 Å². The van der Waals surface area contributed by atoms with Crippen LogP contribution in [0, 0.1) is 46.3 Å². The van der Waals surface area contributed by atoms with Crippen molar-refractivity contribution in [3.8, 4) is 0 Å². The van der Waals surface area contributed by atoms with Crippen LogP contribution in [0.3, 0.4) is 0 Å². The zero-order chi connectivity index (χ0) is 26.9. The van der Waals surface area contributed by atoms with Gasteiger partial charge in [0.2, 0.25) is 0 Å². The predicted octanol–water partition coefficient (Wildman–Crippen LogP) is 2.25. The Kier molecular flexibility index (Phi) is 5.66. The molecule has 0 aromatic heterocycles. The fourth-order valence-corrected chi connectivity index (χ4v) is 10.4. The van der Waals surface area contributed by atoms with Crippen LogP contribution < -0.4 is 0 Å². The molecule has 0 amide bonds. The van der Waals surface area contributed by atoms with Gasteiger partial charge >= 0.3 is 5.97 Å². The van der Waals surface area contributed by atoms with E-state index in [0.717, 1.165) is 19.3 Å². The summed E-state index contributed by atoms with van der Waals surface area (Å²) < 4.78 is 17.5. The van der Waals surface area contributed by atoms with Gasteiger partial charge in [-0.25, -0.2) is 0 Å². The lowest BCUT2D eigenvalue weighted by Crippen LogP contribution is -2.68. The average molecular weight is 521 g/mol. The molecule has 4 aliphatic carbocycles. The van der Waals surface area contributed by atoms with Gasteiger partial charge < -0.3 is 29.5 Å². The number of ether oxygens (including phenoxy) is 3. The highest BCUT2D eigenvalue weighted by molar-refractivity contribution is 5.89. The molecule has 2 heterocycles. The summed E-state index contributed by atoms with van der Waals surface area (Å²) in [6, 6.07) is 0. The van der Waals surface area contributed by atoms with E-state index in [9.17, 15) is 24.9 Å². The van der Waals surface area contributed by atoms with Gasteiger partial charge in [0.15, 0.2) is 0 Å². The SMILES string of the molecule is CO[C@H]1CC(=O)[C@]2(C)[C@H]3CC[C@@]4(C)[C@@H](C[C@H](O)[C@@H]4[C@@](C)(O)C4C[C@H](C)[C@@H](C)C(=O)O4)[C@@H]3C[C@H]3O[C@]32[C@H]1O. The summed E-state index contributed by atoms with van der Waals surface area (Å²) in [5.41, 5.74) is -3.43. The van der Waals surface area contributed by atoms with Crippen molar-refractivity contribution in [3.05, 3.63) is 0 Å². The first kappa shape index (κ1) is 26.2. The van der Waals surface area contributed by atoms with Crippen LogP contribution in [0.5, 0.6) is 0 Å². The molecule has 15 atom stereocenters. The minimum absolute atomic E-state index is 0.0357. The van der Waals surface area contributed by atoms with Crippen molar-refractivity contribution in [2.45, 2.75) is 115 Å². The highest BCUT2D eigenvalue weighted by atomic mass is 16.6. The Balaban J connectivity index is 1.32. The maximum absolute atomic E-state index is 13.7. The van der Waals surface area contributed by atoms with Gasteiger partial charge in [-0.1, -0.05) is 20.8 Å². The quantitative estimate of drug-likeness (QED) is 0.382. The van der Waals surface area contributed by atoms with Crippen LogP contribution >= 0.6 is 0 Å². The highest BCUT2D eigenvalue weighted by Crippen LogP contribution is 2.74. The van der Waals surface area contributed by atoms with E-state index in [2.05, 4.69) is 6.92 Å². The summed E-state index contributed by atoms with van der Waals surface area (Å²) in [6.45, 7) is 9.79. The van der Waals surface area contributed by atoms with Gasteiger partial charge in [-0.2, -0.15) is 0 Å². The van der Waals surface area contributed by atoms with Gasteiger partial charge in [-0.15, -0.1) is 0 Å². The standard InChI is InChI=1S/C29H44O8/c1-13-9-21(36-25(33)14(13)2)28(5,34)23-18(30)11-17-15-10-22-29(37-22)24(32)19(35-6)12-20(31)27(29,4)16(15)7-8-26(17,23)3/h13-19,21-24,30,32,34H,7-12H2,1-6H3/t13-,14+,15+,16-,17-,18-,19-,21?,22+,23-,24-,26-,27-,28-,29-/m0/s1. The number of rotatable bonds is 3. The Morgan fingerprint density at radius 2 is 1.78 bits per heavy atom. The van der Waals surface area contributed by atoms with E-state index in [1.165, 1.54) is 7.11 Å². The van der Waals surface area contributed by atoms with Crippen molar-refractivity contribution >= 4 is 11.8 Å². The largest absolute Gasteiger partial charge is 0.459 e. The van der Waals surface area contributed by atoms with E-state index in [4.69, 9.17) is 14.2 Å². The number of methoxy groups -OCH3 is 1. The molecule has 208 valence electrons. The third-order valence-electron chi connectivity index (χ3n) is 12.7. The summed E-state index contributed by atoms with van der Waals surface area (Å²) in [5, 5.41) is 34.8. The van der Waals surface area contributed by atoms with Crippen LogP contribution in [-0.4, -0.2) is 75.9 Å². The van der Waals surface area contributed by atoms with Gasteiger partial charge in [0.25, 0.3) is 0 Å². The monoisotopic (exact) mass is 520 g/mol. The van der Waals surface area contributed by atoms with Gasteiger partial charge in [0.1, 0.15) is 29.2 Å². The van der Waals surface area contributed by atoms with Crippen molar-refractivity contribution in [3.63, 3.8) is 0 Å². The van der Waals surface area contributed by atoms with Crippen LogP contribution in [0.25, 0.3) is 0 Å². The first-order valence-electron chi connectivity index (χ1n) is 14.3. The third-order valence-corrected chi connectivity index (χ3v) is 12.7. The number of esters is 1. The number of hydrogen-bond acceptors (Lipinski definition) is 8. The van der Waals surface area contributed by atoms with Crippen LogP contribution in [0.4, 0.5) is 0 Å². The van der Waals surface area contributed by atoms with E-state index >= 15 is 0 Å². The van der Waals surface area contributed by atoms with Crippen LogP contribution in [0.2, 0.25) is 0 Å². The number of carbonyl (C=O) groups excluding carboxylic acids is 2. The highest BCUT2D eigenvalue weighted by Gasteiger charge is 2.82. The first-order chi connectivity index (χ1) is 17.2. The number of aliphatic hydroxyl groups is 3. The molecular weight excluding hydrogens is 476 g/mol. The smallest absolute Gasteiger partial charge is 0.309 e. The Hall–Kier alpha value is -1.06. The fraction of sp³-hybridized carbons (Fsp3) is 0.931. The predicted molar refractivity (Wildman–Crippen MR) is 132 cm³/mol. The molecule has 6 aliphatic rings. The summed E-state index contributed by atoms with van der Waals surface area (Å²) in [5.74, 6) is -0.475. The first-order valence-corrected chi connectivity index (χ1v) is 14.3. The van der Waals surface area contributed by atoms with Crippen molar-refractivity contribution in [1.29, 1.82) is 0 Å². The molecule has 1 spiro atoms. The number of Topliss-reactive ketones (excluding diaryl/α,β-unsaturated/α-hetero) is 1. The maximum atomic E-state index is 13.7. The minimum atomic E-state index is -1.37. The van der Waals surface area contributed by atoms with Crippen LogP contribution in [0.1, 0.15) is 73.1 Å². The second-order valence-electron chi connectivity index (χ2n) is 14.0. The molecule has 2 aliphatic heterocycles. The zero-order valence-corrected chi connectivity index (χ0v) is 23.0. The van der Waals surface area contributed by atoms with E-state index < -0.39 is 47.0 Å². The number of carbonyl (C=O) groups is 2. The summed E-state index contributed by atoms with van der Waals surface area (Å²) in [6.07, 6.45) is 0.534. The van der Waals surface area contributed by atoms with Crippen molar-refractivity contribution in [2.24, 2.45) is 46.3 Å². The molecule has 6 rings (SSSR count). The van der Waals surface area contributed by atoms with E-state index in [0.29, 0.717) is 12.8 Å². The molecule has 4 saturated carbocycles. The lowest BCUT2D eigenvalue weighted by molar-refractivity contribution is -0.211. The van der Waals surface area contributed by atoms with Crippen LogP contribution in [0.15, 0.2) is 0 Å². The van der Waals surface area contributed by atoms with E-state index in [-0.39, 0.29) is 59.3 Å². The molecule has 0 radical (unpaired) electrons. The Morgan fingerprint density at radius 1 is 1.08 bits per heavy atom. The third kappa shape index (κ3) is 3.08. The molecule has 0 aromatic carbocycles. The lowest BCUT2D eigenvalue weighted by Gasteiger charge is -2.60. The second kappa shape index (κ2) is 8.00. The summed E-state index contributed by atoms with van der Waals surface area (Å²) >= 11 is 0. The van der Waals surface area contributed by atoms with Gasteiger partial charge in [-0.3, -0.25) is 9.59 Å².